The van der Waals surface area contributed by atoms with Crippen LogP contribution in [-0.2, 0) is 0 Å². The van der Waals surface area contributed by atoms with Crippen molar-refractivity contribution in [2.24, 2.45) is 5.92 Å². The minimum absolute atomic E-state index is 0.132. The van der Waals surface area contributed by atoms with Crippen molar-refractivity contribution in [3.63, 3.8) is 0 Å². The van der Waals surface area contributed by atoms with Crippen molar-refractivity contribution in [3.8, 4) is 11.8 Å². The van der Waals surface area contributed by atoms with Gasteiger partial charge in [0.05, 0.1) is 5.56 Å². The summed E-state index contributed by atoms with van der Waals surface area (Å²) in [5.41, 5.74) is 1.12. The first-order valence-electron chi connectivity index (χ1n) is 7.38. The Bertz CT molecular complexity index is 515. The molecule has 0 fully saturated rings. The smallest absolute Gasteiger partial charge is 0.253 e. The molecule has 0 bridgehead atoms. The van der Waals surface area contributed by atoms with Crippen LogP contribution >= 0.6 is 0 Å². The molecule has 1 rings (SSSR count). The van der Waals surface area contributed by atoms with Gasteiger partial charge < -0.3 is 10.4 Å². The lowest BCUT2D eigenvalue weighted by molar-refractivity contribution is 0.0937. The van der Waals surface area contributed by atoms with Crippen molar-refractivity contribution in [2.45, 2.75) is 46.1 Å². The minimum Gasteiger partial charge on any atom is -0.384 e. The first kappa shape index (κ1) is 17.2. The van der Waals surface area contributed by atoms with Gasteiger partial charge in [0.15, 0.2) is 0 Å². The molecule has 2 N–H and O–H groups in total. The van der Waals surface area contributed by atoms with Gasteiger partial charge in [0.25, 0.3) is 5.91 Å². The summed E-state index contributed by atoms with van der Waals surface area (Å²) in [6.45, 7) is 6.21. The maximum atomic E-state index is 12.1. The molecule has 21 heavy (non-hydrogen) atoms. The molecule has 1 unspecified atom stereocenters. The maximum Gasteiger partial charge on any atom is 0.253 e. The number of aromatic nitrogens is 1. The van der Waals surface area contributed by atoms with Gasteiger partial charge in [-0.2, -0.15) is 0 Å². The van der Waals surface area contributed by atoms with Crippen molar-refractivity contribution in [3.05, 3.63) is 29.6 Å². The van der Waals surface area contributed by atoms with Crippen molar-refractivity contribution in [1.82, 2.24) is 10.3 Å². The Labute approximate surface area is 127 Å². The van der Waals surface area contributed by atoms with Gasteiger partial charge in [-0.1, -0.05) is 38.5 Å². The third-order valence-corrected chi connectivity index (χ3v) is 3.11. The molecule has 1 heterocycles. The molecule has 1 amide bonds. The molecule has 0 aliphatic heterocycles. The molecule has 114 valence electrons. The van der Waals surface area contributed by atoms with Crippen LogP contribution in [0.2, 0.25) is 0 Å². The third kappa shape index (κ3) is 6.92. The summed E-state index contributed by atoms with van der Waals surface area (Å²) in [6.07, 6.45) is 6.36. The second-order valence-electron chi connectivity index (χ2n) is 5.62. The van der Waals surface area contributed by atoms with Crippen LogP contribution in [-0.4, -0.2) is 28.6 Å². The highest BCUT2D eigenvalue weighted by Gasteiger charge is 2.10. The lowest BCUT2D eigenvalue weighted by Crippen LogP contribution is -2.32. The highest BCUT2D eigenvalue weighted by Crippen LogP contribution is 2.09. The van der Waals surface area contributed by atoms with E-state index in [1.807, 2.05) is 6.92 Å². The van der Waals surface area contributed by atoms with Gasteiger partial charge >= 0.3 is 0 Å². The number of pyridine rings is 1. The van der Waals surface area contributed by atoms with Crippen LogP contribution in [0.5, 0.6) is 0 Å². The number of rotatable bonds is 6. The van der Waals surface area contributed by atoms with Crippen LogP contribution < -0.4 is 5.32 Å². The van der Waals surface area contributed by atoms with Crippen LogP contribution in [0.4, 0.5) is 0 Å². The summed E-state index contributed by atoms with van der Waals surface area (Å²) < 4.78 is 0. The highest BCUT2D eigenvalue weighted by molar-refractivity contribution is 5.94. The molecule has 1 aromatic heterocycles. The maximum absolute atomic E-state index is 12.1. The number of hydrogen-bond donors (Lipinski definition) is 2. The van der Waals surface area contributed by atoms with E-state index in [2.05, 4.69) is 36.0 Å². The summed E-state index contributed by atoms with van der Waals surface area (Å²) in [4.78, 5) is 16.1. The fourth-order valence-corrected chi connectivity index (χ4v) is 1.99. The number of nitrogens with one attached hydrogen (secondary N) is 1. The molecule has 4 heteroatoms. The second-order valence-corrected chi connectivity index (χ2v) is 5.62. The van der Waals surface area contributed by atoms with Crippen molar-refractivity contribution < 1.29 is 9.90 Å². The quantitative estimate of drug-likeness (QED) is 0.790. The van der Waals surface area contributed by atoms with Crippen LogP contribution in [0, 0.1) is 17.8 Å². The zero-order valence-electron chi connectivity index (χ0n) is 13.0. The van der Waals surface area contributed by atoms with Gasteiger partial charge in [0, 0.05) is 24.0 Å². The first-order valence-corrected chi connectivity index (χ1v) is 7.38. The van der Waals surface area contributed by atoms with Crippen molar-refractivity contribution >= 4 is 5.91 Å². The van der Waals surface area contributed by atoms with Gasteiger partial charge in [-0.15, -0.1) is 0 Å². The third-order valence-electron chi connectivity index (χ3n) is 3.11. The topological polar surface area (TPSA) is 62.2 Å². The lowest BCUT2D eigenvalue weighted by atomic mass is 10.0. The SMILES string of the molecule is CC(C)CCCC(C)NC(=O)c1cncc(C#CCO)c1. The highest BCUT2D eigenvalue weighted by atomic mass is 16.2. The standard InChI is InChI=1S/C17H24N2O2/c1-13(2)6-4-7-14(3)19-17(21)16-10-15(8-5-9-20)11-18-12-16/h10-14,20H,4,6-7,9H2,1-3H3,(H,19,21). The number of amides is 1. The van der Waals surface area contributed by atoms with Crippen molar-refractivity contribution in [1.29, 1.82) is 0 Å². The molecule has 0 saturated carbocycles. The van der Waals surface area contributed by atoms with E-state index in [4.69, 9.17) is 5.11 Å². The number of aliphatic hydroxyl groups excluding tert-OH is 1. The zero-order chi connectivity index (χ0) is 15.7. The largest absolute Gasteiger partial charge is 0.384 e. The molecular formula is C17H24N2O2. The summed E-state index contributed by atoms with van der Waals surface area (Å²) in [5, 5.41) is 11.6. The predicted molar refractivity (Wildman–Crippen MR) is 83.8 cm³/mol. The average molecular weight is 288 g/mol. The second kappa shape index (κ2) is 9.15. The van der Waals surface area contributed by atoms with Crippen LogP contribution in [0.25, 0.3) is 0 Å². The molecule has 1 aromatic rings. The fourth-order valence-electron chi connectivity index (χ4n) is 1.99. The van der Waals surface area contributed by atoms with E-state index in [0.717, 1.165) is 12.8 Å². The van der Waals surface area contributed by atoms with E-state index in [0.29, 0.717) is 17.0 Å². The number of hydrogen-bond acceptors (Lipinski definition) is 3. The van der Waals surface area contributed by atoms with Gasteiger partial charge in [0.1, 0.15) is 6.61 Å². The molecule has 0 aromatic carbocycles. The average Bonchev–Trinajstić information content (AvgIpc) is 2.45. The summed E-state index contributed by atoms with van der Waals surface area (Å²) in [5.74, 6) is 5.85. The van der Waals surface area contributed by atoms with Crippen LogP contribution in [0.1, 0.15) is 56.0 Å². The Balaban J connectivity index is 2.55. The van der Waals surface area contributed by atoms with Crippen LogP contribution in [0.3, 0.4) is 0 Å². The molecule has 1 atom stereocenters. The number of nitrogens with zero attached hydrogens (tertiary/aromatic N) is 1. The first-order chi connectivity index (χ1) is 10.0. The molecule has 4 nitrogen and oxygen atoms in total. The molecule has 0 spiro atoms. The van der Waals surface area contributed by atoms with Gasteiger partial charge in [-0.25, -0.2) is 0 Å². The Morgan fingerprint density at radius 1 is 1.33 bits per heavy atom. The number of aliphatic hydroxyl groups is 1. The predicted octanol–water partition coefficient (Wildman–Crippen LogP) is 2.37. The fraction of sp³-hybridized carbons (Fsp3) is 0.529. The van der Waals surface area contributed by atoms with Gasteiger partial charge in [0.2, 0.25) is 0 Å². The van der Waals surface area contributed by atoms with Crippen molar-refractivity contribution in [2.75, 3.05) is 6.61 Å². The number of carbonyl (C=O) groups is 1. The lowest BCUT2D eigenvalue weighted by Gasteiger charge is -2.14. The normalized spacial score (nSPS) is 11.7. The molecule has 0 aliphatic rings. The van der Waals surface area contributed by atoms with E-state index < -0.39 is 0 Å². The Kier molecular flexibility index (Phi) is 7.49. The van der Waals surface area contributed by atoms with E-state index in [9.17, 15) is 4.79 Å². The van der Waals surface area contributed by atoms with E-state index in [1.165, 1.54) is 12.6 Å². The van der Waals surface area contributed by atoms with Crippen LogP contribution in [0.15, 0.2) is 18.5 Å². The van der Waals surface area contributed by atoms with E-state index in [-0.39, 0.29) is 18.6 Å². The van der Waals surface area contributed by atoms with Gasteiger partial charge in [-0.3, -0.25) is 9.78 Å². The zero-order valence-corrected chi connectivity index (χ0v) is 13.0. The molecule has 0 radical (unpaired) electrons. The summed E-state index contributed by atoms with van der Waals surface area (Å²) in [7, 11) is 0. The number of carbonyl (C=O) groups excluding carboxylic acids is 1. The Morgan fingerprint density at radius 2 is 2.10 bits per heavy atom. The molecule has 0 saturated heterocycles. The summed E-state index contributed by atoms with van der Waals surface area (Å²) in [6, 6.07) is 1.83. The molecular weight excluding hydrogens is 264 g/mol. The minimum atomic E-state index is -0.205. The Hall–Kier alpha value is -1.86. The van der Waals surface area contributed by atoms with Gasteiger partial charge in [-0.05, 0) is 25.3 Å². The Morgan fingerprint density at radius 3 is 2.76 bits per heavy atom. The van der Waals surface area contributed by atoms with E-state index >= 15 is 0 Å². The molecule has 0 aliphatic carbocycles. The monoisotopic (exact) mass is 288 g/mol. The summed E-state index contributed by atoms with van der Waals surface area (Å²) >= 11 is 0. The van der Waals surface area contributed by atoms with E-state index in [1.54, 1.807) is 12.3 Å².